The standard InChI is InChI=1S/C20H22O3/c1-14-4-2-3-5-19(14)20(22)23-18-12-8-16(9-13-18)15-6-10-17(21)11-7-15/h6-14,19,21H,2-5H2,1H3. The first-order valence-corrected chi connectivity index (χ1v) is 8.24. The minimum atomic E-state index is -0.102. The third kappa shape index (κ3) is 3.73. The number of rotatable bonds is 3. The number of ether oxygens (including phenoxy) is 1. The SMILES string of the molecule is CC1CCCCC1C(=O)Oc1ccc(-c2ccc(O)cc2)cc1. The first-order chi connectivity index (χ1) is 11.1. The minimum Gasteiger partial charge on any atom is -0.508 e. The Hall–Kier alpha value is -2.29. The van der Waals surface area contributed by atoms with E-state index in [9.17, 15) is 9.90 Å². The Kier molecular flexibility index (Phi) is 4.65. The van der Waals surface area contributed by atoms with E-state index in [0.29, 0.717) is 11.7 Å². The largest absolute Gasteiger partial charge is 0.508 e. The zero-order valence-corrected chi connectivity index (χ0v) is 13.4. The van der Waals surface area contributed by atoms with E-state index in [1.54, 1.807) is 12.1 Å². The molecule has 0 bridgehead atoms. The number of aromatic hydroxyl groups is 1. The zero-order valence-electron chi connectivity index (χ0n) is 13.4. The van der Waals surface area contributed by atoms with Crippen molar-refractivity contribution in [3.63, 3.8) is 0 Å². The first kappa shape index (κ1) is 15.6. The molecule has 0 amide bonds. The Labute approximate surface area is 136 Å². The number of hydrogen-bond donors (Lipinski definition) is 1. The Morgan fingerprint density at radius 3 is 2.13 bits per heavy atom. The van der Waals surface area contributed by atoms with E-state index in [2.05, 4.69) is 6.92 Å². The maximum absolute atomic E-state index is 12.3. The molecule has 2 aromatic rings. The smallest absolute Gasteiger partial charge is 0.314 e. The summed E-state index contributed by atoms with van der Waals surface area (Å²) in [4.78, 5) is 12.3. The van der Waals surface area contributed by atoms with E-state index in [4.69, 9.17) is 4.74 Å². The first-order valence-electron chi connectivity index (χ1n) is 8.24. The summed E-state index contributed by atoms with van der Waals surface area (Å²) in [5, 5.41) is 9.33. The molecule has 23 heavy (non-hydrogen) atoms. The van der Waals surface area contributed by atoms with Crippen molar-refractivity contribution < 1.29 is 14.6 Å². The zero-order chi connectivity index (χ0) is 16.2. The van der Waals surface area contributed by atoms with Crippen LogP contribution in [0.4, 0.5) is 0 Å². The Bertz CT molecular complexity index is 658. The van der Waals surface area contributed by atoms with Crippen LogP contribution in [0.15, 0.2) is 48.5 Å². The molecule has 120 valence electrons. The molecular weight excluding hydrogens is 288 g/mol. The monoisotopic (exact) mass is 310 g/mol. The maximum atomic E-state index is 12.3. The molecule has 0 aromatic heterocycles. The summed E-state index contributed by atoms with van der Waals surface area (Å²) in [6.45, 7) is 2.14. The van der Waals surface area contributed by atoms with Gasteiger partial charge in [-0.1, -0.05) is 44.0 Å². The molecule has 2 atom stereocenters. The lowest BCUT2D eigenvalue weighted by Gasteiger charge is -2.26. The number of hydrogen-bond acceptors (Lipinski definition) is 3. The summed E-state index contributed by atoms with van der Waals surface area (Å²) in [6, 6.07) is 14.6. The van der Waals surface area contributed by atoms with Crippen molar-refractivity contribution in [2.75, 3.05) is 0 Å². The van der Waals surface area contributed by atoms with Crippen molar-refractivity contribution in [3.05, 3.63) is 48.5 Å². The number of carbonyl (C=O) groups excluding carboxylic acids is 1. The highest BCUT2D eigenvalue weighted by Gasteiger charge is 2.29. The van der Waals surface area contributed by atoms with Crippen LogP contribution in [0.3, 0.4) is 0 Å². The van der Waals surface area contributed by atoms with Crippen LogP contribution in [0.1, 0.15) is 32.6 Å². The van der Waals surface area contributed by atoms with Crippen LogP contribution in [0, 0.1) is 11.8 Å². The summed E-state index contributed by atoms with van der Waals surface area (Å²) >= 11 is 0. The molecular formula is C20H22O3. The van der Waals surface area contributed by atoms with Gasteiger partial charge in [0.1, 0.15) is 11.5 Å². The van der Waals surface area contributed by atoms with E-state index in [-0.39, 0.29) is 17.6 Å². The molecule has 1 N–H and O–H groups in total. The van der Waals surface area contributed by atoms with Gasteiger partial charge >= 0.3 is 5.97 Å². The highest BCUT2D eigenvalue weighted by atomic mass is 16.5. The van der Waals surface area contributed by atoms with E-state index in [1.807, 2.05) is 36.4 Å². The van der Waals surface area contributed by atoms with Crippen molar-refractivity contribution in [2.45, 2.75) is 32.6 Å². The Morgan fingerprint density at radius 1 is 0.957 bits per heavy atom. The highest BCUT2D eigenvalue weighted by Crippen LogP contribution is 2.31. The fourth-order valence-corrected chi connectivity index (χ4v) is 3.23. The van der Waals surface area contributed by atoms with Crippen LogP contribution in [-0.2, 0) is 4.79 Å². The van der Waals surface area contributed by atoms with Crippen LogP contribution in [-0.4, -0.2) is 11.1 Å². The molecule has 1 aliphatic rings. The number of phenols is 1. The van der Waals surface area contributed by atoms with Crippen molar-refractivity contribution >= 4 is 5.97 Å². The summed E-state index contributed by atoms with van der Waals surface area (Å²) in [7, 11) is 0. The lowest BCUT2D eigenvalue weighted by atomic mass is 9.80. The molecule has 1 fully saturated rings. The quantitative estimate of drug-likeness (QED) is 0.655. The molecule has 3 rings (SSSR count). The third-order valence-electron chi connectivity index (χ3n) is 4.69. The molecule has 1 aliphatic carbocycles. The van der Waals surface area contributed by atoms with Gasteiger partial charge in [-0.15, -0.1) is 0 Å². The molecule has 0 radical (unpaired) electrons. The second-order valence-corrected chi connectivity index (χ2v) is 6.36. The lowest BCUT2D eigenvalue weighted by Crippen LogP contribution is -2.28. The van der Waals surface area contributed by atoms with Gasteiger partial charge in [-0.2, -0.15) is 0 Å². The predicted molar refractivity (Wildman–Crippen MR) is 90.3 cm³/mol. The average molecular weight is 310 g/mol. The van der Waals surface area contributed by atoms with Crippen molar-refractivity contribution in [1.29, 1.82) is 0 Å². The molecule has 0 spiro atoms. The molecule has 0 heterocycles. The van der Waals surface area contributed by atoms with Crippen LogP contribution >= 0.6 is 0 Å². The number of phenolic OH excluding ortho intramolecular Hbond substituents is 1. The van der Waals surface area contributed by atoms with Gasteiger partial charge in [0, 0.05) is 0 Å². The fourth-order valence-electron chi connectivity index (χ4n) is 3.23. The molecule has 2 unspecified atom stereocenters. The van der Waals surface area contributed by atoms with Gasteiger partial charge in [-0.25, -0.2) is 0 Å². The van der Waals surface area contributed by atoms with Gasteiger partial charge in [0.2, 0.25) is 0 Å². The second-order valence-electron chi connectivity index (χ2n) is 6.36. The summed E-state index contributed by atoms with van der Waals surface area (Å²) in [6.07, 6.45) is 4.38. The summed E-state index contributed by atoms with van der Waals surface area (Å²) < 4.78 is 5.56. The minimum absolute atomic E-state index is 0.0283. The van der Waals surface area contributed by atoms with Crippen LogP contribution in [0.5, 0.6) is 11.5 Å². The number of carbonyl (C=O) groups is 1. The van der Waals surface area contributed by atoms with Gasteiger partial charge in [0.15, 0.2) is 0 Å². The van der Waals surface area contributed by atoms with Gasteiger partial charge in [0.25, 0.3) is 0 Å². The summed E-state index contributed by atoms with van der Waals surface area (Å²) in [5.74, 6) is 1.18. The molecule has 3 heteroatoms. The highest BCUT2D eigenvalue weighted by molar-refractivity contribution is 5.76. The van der Waals surface area contributed by atoms with Crippen molar-refractivity contribution in [2.24, 2.45) is 11.8 Å². The molecule has 2 aromatic carbocycles. The van der Waals surface area contributed by atoms with E-state index in [1.165, 1.54) is 6.42 Å². The van der Waals surface area contributed by atoms with Gasteiger partial charge in [-0.3, -0.25) is 4.79 Å². The normalized spacial score (nSPS) is 20.9. The van der Waals surface area contributed by atoms with Crippen LogP contribution in [0.25, 0.3) is 11.1 Å². The van der Waals surface area contributed by atoms with Crippen molar-refractivity contribution in [3.8, 4) is 22.6 Å². The molecule has 1 saturated carbocycles. The Morgan fingerprint density at radius 2 is 1.52 bits per heavy atom. The van der Waals surface area contributed by atoms with Gasteiger partial charge in [-0.05, 0) is 54.2 Å². The van der Waals surface area contributed by atoms with Gasteiger partial charge in [0.05, 0.1) is 5.92 Å². The van der Waals surface area contributed by atoms with E-state index < -0.39 is 0 Å². The lowest BCUT2D eigenvalue weighted by molar-refractivity contribution is -0.141. The van der Waals surface area contributed by atoms with Gasteiger partial charge < -0.3 is 9.84 Å². The molecule has 0 saturated heterocycles. The topological polar surface area (TPSA) is 46.5 Å². The van der Waals surface area contributed by atoms with Crippen LogP contribution < -0.4 is 4.74 Å². The third-order valence-corrected chi connectivity index (χ3v) is 4.69. The number of esters is 1. The molecule has 3 nitrogen and oxygen atoms in total. The summed E-state index contributed by atoms with van der Waals surface area (Å²) in [5.41, 5.74) is 2.04. The van der Waals surface area contributed by atoms with E-state index >= 15 is 0 Å². The predicted octanol–water partition coefficient (Wildman–Crippen LogP) is 4.79. The second kappa shape index (κ2) is 6.86. The van der Waals surface area contributed by atoms with Crippen LogP contribution in [0.2, 0.25) is 0 Å². The Balaban J connectivity index is 1.67. The fraction of sp³-hybridized carbons (Fsp3) is 0.350. The number of benzene rings is 2. The molecule has 0 aliphatic heterocycles. The van der Waals surface area contributed by atoms with Crippen molar-refractivity contribution in [1.82, 2.24) is 0 Å². The van der Waals surface area contributed by atoms with E-state index in [0.717, 1.165) is 30.4 Å². The maximum Gasteiger partial charge on any atom is 0.314 e. The average Bonchev–Trinajstić information content (AvgIpc) is 2.57.